The Bertz CT molecular complexity index is 388. The zero-order valence-electron chi connectivity index (χ0n) is 11.3. The van der Waals surface area contributed by atoms with Crippen LogP contribution in [0.4, 0.5) is 0 Å². The highest BCUT2D eigenvalue weighted by Gasteiger charge is 2.20. The Morgan fingerprint density at radius 1 is 1.44 bits per heavy atom. The Balaban J connectivity index is 1.85. The van der Waals surface area contributed by atoms with Crippen LogP contribution in [-0.4, -0.2) is 25.3 Å². The van der Waals surface area contributed by atoms with Crippen molar-refractivity contribution in [3.05, 3.63) is 29.3 Å². The molecule has 1 unspecified atom stereocenters. The first-order valence-corrected chi connectivity index (χ1v) is 6.74. The zero-order chi connectivity index (χ0) is 13.0. The quantitative estimate of drug-likeness (QED) is 0.729. The third kappa shape index (κ3) is 3.72. The van der Waals surface area contributed by atoms with Gasteiger partial charge in [0.15, 0.2) is 0 Å². The Kier molecular flexibility index (Phi) is 4.61. The fourth-order valence-electron chi connectivity index (χ4n) is 2.18. The number of benzene rings is 1. The summed E-state index contributed by atoms with van der Waals surface area (Å²) in [4.78, 5) is 0. The highest BCUT2D eigenvalue weighted by atomic mass is 16.5. The lowest BCUT2D eigenvalue weighted by Gasteiger charge is -2.16. The number of methoxy groups -OCH3 is 1. The molecule has 0 heterocycles. The van der Waals surface area contributed by atoms with Gasteiger partial charge in [0.05, 0.1) is 13.2 Å². The van der Waals surface area contributed by atoms with Gasteiger partial charge in [-0.3, -0.25) is 0 Å². The number of ether oxygens (including phenoxy) is 1. The predicted octanol–water partition coefficient (Wildman–Crippen LogP) is 2.43. The highest BCUT2D eigenvalue weighted by Crippen LogP contribution is 2.31. The molecule has 1 aliphatic carbocycles. The van der Waals surface area contributed by atoms with E-state index in [0.29, 0.717) is 6.54 Å². The molecule has 0 aromatic heterocycles. The van der Waals surface area contributed by atoms with Crippen LogP contribution in [0.15, 0.2) is 18.2 Å². The molecule has 3 nitrogen and oxygen atoms in total. The maximum Gasteiger partial charge on any atom is 0.124 e. The second-order valence-electron chi connectivity index (χ2n) is 5.20. The molecule has 100 valence electrons. The maximum atomic E-state index is 10.2. The lowest BCUT2D eigenvalue weighted by Crippen LogP contribution is -2.23. The van der Waals surface area contributed by atoms with Gasteiger partial charge in [0.1, 0.15) is 5.75 Å². The van der Waals surface area contributed by atoms with Crippen molar-refractivity contribution in [3.63, 3.8) is 0 Å². The van der Waals surface area contributed by atoms with Crippen LogP contribution in [0.5, 0.6) is 5.75 Å². The number of rotatable bonds is 7. The molecular weight excluding hydrogens is 226 g/mol. The van der Waals surface area contributed by atoms with Crippen LogP contribution in [0.3, 0.4) is 0 Å². The van der Waals surface area contributed by atoms with Crippen molar-refractivity contribution in [1.29, 1.82) is 0 Å². The fraction of sp³-hybridized carbons (Fsp3) is 0.600. The van der Waals surface area contributed by atoms with Crippen LogP contribution in [0.2, 0.25) is 0 Å². The number of hydrogen-bond acceptors (Lipinski definition) is 3. The van der Waals surface area contributed by atoms with Gasteiger partial charge in [-0.1, -0.05) is 24.5 Å². The molecule has 2 N–H and O–H groups in total. The largest absolute Gasteiger partial charge is 0.496 e. The predicted molar refractivity (Wildman–Crippen MR) is 72.9 cm³/mol. The maximum absolute atomic E-state index is 10.2. The Morgan fingerprint density at radius 3 is 2.89 bits per heavy atom. The van der Waals surface area contributed by atoms with E-state index in [4.69, 9.17) is 4.74 Å². The zero-order valence-corrected chi connectivity index (χ0v) is 11.3. The smallest absolute Gasteiger partial charge is 0.124 e. The van der Waals surface area contributed by atoms with E-state index in [-0.39, 0.29) is 0 Å². The van der Waals surface area contributed by atoms with Crippen LogP contribution in [0.1, 0.15) is 36.5 Å². The van der Waals surface area contributed by atoms with Gasteiger partial charge < -0.3 is 15.2 Å². The topological polar surface area (TPSA) is 41.5 Å². The van der Waals surface area contributed by atoms with Crippen LogP contribution >= 0.6 is 0 Å². The molecule has 0 saturated heterocycles. The summed E-state index contributed by atoms with van der Waals surface area (Å²) in [6.45, 7) is 3.61. The second-order valence-corrected chi connectivity index (χ2v) is 5.20. The molecule has 1 saturated carbocycles. The summed E-state index contributed by atoms with van der Waals surface area (Å²) in [5.74, 6) is 1.69. The number of hydrogen-bond donors (Lipinski definition) is 2. The van der Waals surface area contributed by atoms with Gasteiger partial charge in [-0.25, -0.2) is 0 Å². The first-order valence-electron chi connectivity index (χ1n) is 6.74. The van der Waals surface area contributed by atoms with Gasteiger partial charge in [-0.15, -0.1) is 0 Å². The normalized spacial score (nSPS) is 16.6. The molecule has 0 spiro atoms. The van der Waals surface area contributed by atoms with E-state index in [1.165, 1.54) is 19.3 Å². The minimum atomic E-state index is -0.501. The summed E-state index contributed by atoms with van der Waals surface area (Å²) in [6, 6.07) is 5.90. The summed E-state index contributed by atoms with van der Waals surface area (Å²) in [6.07, 6.45) is 3.50. The summed E-state index contributed by atoms with van der Waals surface area (Å²) >= 11 is 0. The van der Waals surface area contributed by atoms with Crippen molar-refractivity contribution in [2.75, 3.05) is 20.2 Å². The van der Waals surface area contributed by atoms with Crippen molar-refractivity contribution in [2.24, 2.45) is 5.92 Å². The van der Waals surface area contributed by atoms with Gasteiger partial charge in [-0.05, 0) is 37.9 Å². The molecule has 18 heavy (non-hydrogen) atoms. The summed E-state index contributed by atoms with van der Waals surface area (Å²) in [7, 11) is 1.64. The van der Waals surface area contributed by atoms with Crippen molar-refractivity contribution in [2.45, 2.75) is 32.3 Å². The lowest BCUT2D eigenvalue weighted by molar-refractivity contribution is 0.170. The third-order valence-corrected chi connectivity index (χ3v) is 3.51. The van der Waals surface area contributed by atoms with Crippen LogP contribution in [0, 0.1) is 12.8 Å². The van der Waals surface area contributed by atoms with Crippen LogP contribution in [-0.2, 0) is 0 Å². The lowest BCUT2D eigenvalue weighted by atomic mass is 10.1. The first kappa shape index (κ1) is 13.4. The minimum Gasteiger partial charge on any atom is -0.496 e. The number of aliphatic hydroxyl groups is 1. The standard InChI is InChI=1S/C15H23NO2/c1-11-3-6-15(18-2)13(9-11)14(17)10-16-8-7-12-4-5-12/h3,6,9,12,14,16-17H,4-5,7-8,10H2,1-2H3. The third-order valence-electron chi connectivity index (χ3n) is 3.51. The molecule has 3 heteroatoms. The Morgan fingerprint density at radius 2 is 2.22 bits per heavy atom. The van der Waals surface area contributed by atoms with Crippen molar-refractivity contribution < 1.29 is 9.84 Å². The van der Waals surface area contributed by atoms with Crippen molar-refractivity contribution in [3.8, 4) is 5.75 Å². The van der Waals surface area contributed by atoms with Crippen molar-refractivity contribution in [1.82, 2.24) is 5.32 Å². The highest BCUT2D eigenvalue weighted by molar-refractivity contribution is 5.38. The summed E-state index contributed by atoms with van der Waals surface area (Å²) < 4.78 is 5.29. The van der Waals surface area contributed by atoms with Gasteiger partial charge in [-0.2, -0.15) is 0 Å². The average Bonchev–Trinajstić information content (AvgIpc) is 3.18. The Hall–Kier alpha value is -1.06. The monoisotopic (exact) mass is 249 g/mol. The van der Waals surface area contributed by atoms with Crippen LogP contribution < -0.4 is 10.1 Å². The molecular formula is C15H23NO2. The minimum absolute atomic E-state index is 0.501. The van der Waals surface area contributed by atoms with E-state index < -0.39 is 6.10 Å². The van der Waals surface area contributed by atoms with Gasteiger partial charge >= 0.3 is 0 Å². The van der Waals surface area contributed by atoms with E-state index in [9.17, 15) is 5.11 Å². The molecule has 1 aliphatic rings. The second kappa shape index (κ2) is 6.21. The number of nitrogens with one attached hydrogen (secondary N) is 1. The van der Waals surface area contributed by atoms with E-state index >= 15 is 0 Å². The summed E-state index contributed by atoms with van der Waals surface area (Å²) in [5, 5.41) is 13.5. The van der Waals surface area contributed by atoms with E-state index in [2.05, 4.69) is 5.32 Å². The molecule has 1 atom stereocenters. The molecule has 0 radical (unpaired) electrons. The molecule has 0 aliphatic heterocycles. The van der Waals surface area contributed by atoms with Crippen LogP contribution in [0.25, 0.3) is 0 Å². The van der Waals surface area contributed by atoms with Gasteiger partial charge in [0.25, 0.3) is 0 Å². The number of aliphatic hydroxyl groups excluding tert-OH is 1. The first-order chi connectivity index (χ1) is 8.70. The Labute approximate surface area is 109 Å². The van der Waals surface area contributed by atoms with Gasteiger partial charge in [0, 0.05) is 12.1 Å². The van der Waals surface area contributed by atoms with Gasteiger partial charge in [0.2, 0.25) is 0 Å². The fourth-order valence-corrected chi connectivity index (χ4v) is 2.18. The van der Waals surface area contributed by atoms with E-state index in [1.807, 2.05) is 25.1 Å². The SMILES string of the molecule is COc1ccc(C)cc1C(O)CNCCC1CC1. The molecule has 1 aromatic rings. The summed E-state index contributed by atoms with van der Waals surface area (Å²) in [5.41, 5.74) is 2.01. The number of aryl methyl sites for hydroxylation is 1. The molecule has 1 fully saturated rings. The molecule has 0 amide bonds. The van der Waals surface area contributed by atoms with E-state index in [0.717, 1.165) is 29.3 Å². The average molecular weight is 249 g/mol. The molecule has 2 rings (SSSR count). The molecule has 1 aromatic carbocycles. The molecule has 0 bridgehead atoms. The van der Waals surface area contributed by atoms with E-state index in [1.54, 1.807) is 7.11 Å². The van der Waals surface area contributed by atoms with Crippen molar-refractivity contribution >= 4 is 0 Å².